The SMILES string of the molecule is O=C(NCc1ccccc1)N1C[C@@H](C(=O)N2CCN(c3ccccc3F)CC2)C[C@@H](c2ccccc2)C1. The number of carbonyl (C=O) groups excluding carboxylic acids is 2. The molecule has 2 saturated heterocycles. The summed E-state index contributed by atoms with van der Waals surface area (Å²) in [6, 6.07) is 26.6. The lowest BCUT2D eigenvalue weighted by Gasteiger charge is -2.41. The number of benzene rings is 3. The second-order valence-corrected chi connectivity index (χ2v) is 9.85. The Labute approximate surface area is 217 Å². The van der Waals surface area contributed by atoms with Crippen molar-refractivity contribution in [3.63, 3.8) is 0 Å². The highest BCUT2D eigenvalue weighted by Gasteiger charge is 2.37. The highest BCUT2D eigenvalue weighted by molar-refractivity contribution is 5.81. The minimum atomic E-state index is -0.276. The molecule has 0 radical (unpaired) electrons. The second kappa shape index (κ2) is 11.5. The summed E-state index contributed by atoms with van der Waals surface area (Å²) in [5.41, 5.74) is 2.76. The van der Waals surface area contributed by atoms with E-state index < -0.39 is 0 Å². The van der Waals surface area contributed by atoms with Gasteiger partial charge in [-0.15, -0.1) is 0 Å². The van der Waals surface area contributed by atoms with Gasteiger partial charge < -0.3 is 20.0 Å². The van der Waals surface area contributed by atoms with Gasteiger partial charge in [-0.1, -0.05) is 72.8 Å². The van der Waals surface area contributed by atoms with Crippen LogP contribution in [0.15, 0.2) is 84.9 Å². The average molecular weight is 501 g/mol. The van der Waals surface area contributed by atoms with Crippen molar-refractivity contribution in [2.24, 2.45) is 5.92 Å². The number of carbonyl (C=O) groups is 2. The van der Waals surface area contributed by atoms with Gasteiger partial charge in [0, 0.05) is 51.7 Å². The molecule has 3 aromatic rings. The molecule has 6 nitrogen and oxygen atoms in total. The third kappa shape index (κ3) is 5.93. The lowest BCUT2D eigenvalue weighted by molar-refractivity contribution is -0.137. The minimum absolute atomic E-state index is 0.0784. The number of hydrogen-bond donors (Lipinski definition) is 1. The molecule has 1 N–H and O–H groups in total. The summed E-state index contributed by atoms with van der Waals surface area (Å²) in [5.74, 6) is -0.348. The number of piperidine rings is 1. The maximum atomic E-state index is 14.2. The summed E-state index contributed by atoms with van der Waals surface area (Å²) < 4.78 is 14.2. The highest BCUT2D eigenvalue weighted by atomic mass is 19.1. The lowest BCUT2D eigenvalue weighted by Crippen LogP contribution is -2.55. The molecule has 0 aliphatic carbocycles. The fourth-order valence-electron chi connectivity index (χ4n) is 5.43. The third-order valence-electron chi connectivity index (χ3n) is 7.43. The number of nitrogens with zero attached hydrogens (tertiary/aromatic N) is 3. The van der Waals surface area contributed by atoms with Gasteiger partial charge in [0.05, 0.1) is 11.6 Å². The lowest BCUT2D eigenvalue weighted by atomic mass is 9.84. The Kier molecular flexibility index (Phi) is 7.68. The Morgan fingerprint density at radius 3 is 2.14 bits per heavy atom. The number of nitrogens with one attached hydrogen (secondary N) is 1. The van der Waals surface area contributed by atoms with Crippen LogP contribution in [0, 0.1) is 11.7 Å². The molecule has 2 fully saturated rings. The number of piperazine rings is 1. The van der Waals surface area contributed by atoms with E-state index in [4.69, 9.17) is 0 Å². The molecule has 7 heteroatoms. The van der Waals surface area contributed by atoms with Crippen LogP contribution in [-0.4, -0.2) is 61.0 Å². The van der Waals surface area contributed by atoms with E-state index in [2.05, 4.69) is 17.4 Å². The van der Waals surface area contributed by atoms with E-state index >= 15 is 0 Å². The summed E-state index contributed by atoms with van der Waals surface area (Å²) in [6.45, 7) is 3.68. The molecule has 2 aliphatic heterocycles. The van der Waals surface area contributed by atoms with Crippen molar-refractivity contribution in [2.75, 3.05) is 44.2 Å². The van der Waals surface area contributed by atoms with E-state index in [9.17, 15) is 14.0 Å². The maximum Gasteiger partial charge on any atom is 0.317 e. The van der Waals surface area contributed by atoms with E-state index in [1.165, 1.54) is 6.07 Å². The first-order valence-electron chi connectivity index (χ1n) is 13.0. The zero-order chi connectivity index (χ0) is 25.6. The summed E-state index contributed by atoms with van der Waals surface area (Å²) in [6.07, 6.45) is 0.707. The molecule has 2 atom stereocenters. The van der Waals surface area contributed by atoms with Crippen LogP contribution in [0.3, 0.4) is 0 Å². The zero-order valence-corrected chi connectivity index (χ0v) is 20.9. The normalized spacial score (nSPS) is 20.0. The molecule has 3 amide bonds. The molecule has 0 spiro atoms. The number of hydrogen-bond acceptors (Lipinski definition) is 3. The molecule has 0 bridgehead atoms. The predicted octanol–water partition coefficient (Wildman–Crippen LogP) is 4.49. The number of urea groups is 1. The van der Waals surface area contributed by atoms with Gasteiger partial charge >= 0.3 is 6.03 Å². The maximum absolute atomic E-state index is 14.2. The van der Waals surface area contributed by atoms with Crippen molar-refractivity contribution < 1.29 is 14.0 Å². The van der Waals surface area contributed by atoms with Gasteiger partial charge in [-0.25, -0.2) is 9.18 Å². The Hall–Kier alpha value is -3.87. The first kappa shape index (κ1) is 24.8. The quantitative estimate of drug-likeness (QED) is 0.562. The van der Waals surface area contributed by atoms with Crippen molar-refractivity contribution in [2.45, 2.75) is 18.9 Å². The molecule has 37 heavy (non-hydrogen) atoms. The smallest absolute Gasteiger partial charge is 0.317 e. The molecule has 2 heterocycles. The fourth-order valence-corrected chi connectivity index (χ4v) is 5.43. The van der Waals surface area contributed by atoms with Gasteiger partial charge in [-0.05, 0) is 29.7 Å². The molecule has 5 rings (SSSR count). The van der Waals surface area contributed by atoms with Gasteiger partial charge in [-0.3, -0.25) is 4.79 Å². The highest BCUT2D eigenvalue weighted by Crippen LogP contribution is 2.32. The first-order chi connectivity index (χ1) is 18.1. The van der Waals surface area contributed by atoms with E-state index in [0.717, 1.165) is 11.1 Å². The number of halogens is 1. The van der Waals surface area contributed by atoms with Gasteiger partial charge in [-0.2, -0.15) is 0 Å². The molecule has 3 aromatic carbocycles. The monoisotopic (exact) mass is 500 g/mol. The van der Waals surface area contributed by atoms with Crippen LogP contribution in [0.2, 0.25) is 0 Å². The van der Waals surface area contributed by atoms with Crippen molar-refractivity contribution in [3.8, 4) is 0 Å². The first-order valence-corrected chi connectivity index (χ1v) is 13.0. The van der Waals surface area contributed by atoms with E-state index in [-0.39, 0.29) is 29.6 Å². The van der Waals surface area contributed by atoms with Crippen molar-refractivity contribution in [1.82, 2.24) is 15.1 Å². The summed E-state index contributed by atoms with van der Waals surface area (Å²) in [5, 5.41) is 3.03. The molecule has 192 valence electrons. The predicted molar refractivity (Wildman–Crippen MR) is 143 cm³/mol. The Morgan fingerprint density at radius 2 is 1.43 bits per heavy atom. The van der Waals surface area contributed by atoms with E-state index in [0.29, 0.717) is 57.9 Å². The fraction of sp³-hybridized carbons (Fsp3) is 0.333. The third-order valence-corrected chi connectivity index (χ3v) is 7.43. The standard InChI is InChI=1S/C30H33FN4O2/c31-27-13-7-8-14-28(27)33-15-17-34(18-16-33)29(36)26-19-25(24-11-5-2-6-12-24)21-35(22-26)30(37)32-20-23-9-3-1-4-10-23/h1-14,25-26H,15-22H2,(H,32,37)/t25-,26+/m1/s1. The van der Waals surface area contributed by atoms with Crippen LogP contribution in [0.1, 0.15) is 23.5 Å². The molecular formula is C30H33FN4O2. The number of para-hydroxylation sites is 1. The summed E-state index contributed by atoms with van der Waals surface area (Å²) >= 11 is 0. The van der Waals surface area contributed by atoms with Gasteiger partial charge in [0.2, 0.25) is 5.91 Å². The Bertz CT molecular complexity index is 1200. The Balaban J connectivity index is 1.26. The van der Waals surface area contributed by atoms with Gasteiger partial charge in [0.15, 0.2) is 0 Å². The van der Waals surface area contributed by atoms with Crippen LogP contribution in [0.25, 0.3) is 0 Å². The van der Waals surface area contributed by atoms with Crippen molar-refractivity contribution in [3.05, 3.63) is 102 Å². The second-order valence-electron chi connectivity index (χ2n) is 9.85. The number of likely N-dealkylation sites (tertiary alicyclic amines) is 1. The molecule has 0 aromatic heterocycles. The van der Waals surface area contributed by atoms with Crippen LogP contribution < -0.4 is 10.2 Å². The molecule has 0 saturated carbocycles. The van der Waals surface area contributed by atoms with E-state index in [1.807, 2.05) is 64.4 Å². The molecule has 2 aliphatic rings. The number of anilines is 1. The number of rotatable bonds is 5. The average Bonchev–Trinajstić information content (AvgIpc) is 2.96. The van der Waals surface area contributed by atoms with Crippen LogP contribution in [0.4, 0.5) is 14.9 Å². The van der Waals surface area contributed by atoms with Crippen molar-refractivity contribution in [1.29, 1.82) is 0 Å². The Morgan fingerprint density at radius 1 is 0.784 bits per heavy atom. The summed E-state index contributed by atoms with van der Waals surface area (Å²) in [4.78, 5) is 32.5. The van der Waals surface area contributed by atoms with Gasteiger partial charge in [0.25, 0.3) is 0 Å². The van der Waals surface area contributed by atoms with Crippen molar-refractivity contribution >= 4 is 17.6 Å². The van der Waals surface area contributed by atoms with Crippen LogP contribution in [0.5, 0.6) is 0 Å². The number of amides is 3. The van der Waals surface area contributed by atoms with Crippen LogP contribution >= 0.6 is 0 Å². The van der Waals surface area contributed by atoms with Crippen LogP contribution in [-0.2, 0) is 11.3 Å². The molecule has 0 unspecified atom stereocenters. The topological polar surface area (TPSA) is 55.9 Å². The van der Waals surface area contributed by atoms with Gasteiger partial charge in [0.1, 0.15) is 5.82 Å². The zero-order valence-electron chi connectivity index (χ0n) is 20.9. The largest absolute Gasteiger partial charge is 0.366 e. The minimum Gasteiger partial charge on any atom is -0.366 e. The van der Waals surface area contributed by atoms with E-state index in [1.54, 1.807) is 17.0 Å². The molecular weight excluding hydrogens is 467 g/mol. The summed E-state index contributed by atoms with van der Waals surface area (Å²) in [7, 11) is 0.